The molecule has 62 heavy (non-hydrogen) atoms. The van der Waals surface area contributed by atoms with Crippen molar-refractivity contribution in [1.82, 2.24) is 14.9 Å². The maximum Gasteiger partial charge on any atom is 0.471 e. The number of carbonyl (C=O) groups excluding carboxylic acids is 2. The summed E-state index contributed by atoms with van der Waals surface area (Å²) in [7, 11) is 3.27. The van der Waals surface area contributed by atoms with E-state index in [0.717, 1.165) is 16.7 Å². The van der Waals surface area contributed by atoms with Crippen molar-refractivity contribution in [3.05, 3.63) is 89.5 Å². The van der Waals surface area contributed by atoms with E-state index in [0.29, 0.717) is 62.4 Å². The van der Waals surface area contributed by atoms with Gasteiger partial charge in [0.15, 0.2) is 0 Å². The Hall–Kier alpha value is -4.45. The summed E-state index contributed by atoms with van der Waals surface area (Å²) < 4.78 is 77.1. The van der Waals surface area contributed by atoms with Gasteiger partial charge >= 0.3 is 12.1 Å². The maximum atomic E-state index is 13.5. The molecule has 0 bridgehead atoms. The fourth-order valence-corrected chi connectivity index (χ4v) is 9.32. The molecule has 0 spiro atoms. The van der Waals surface area contributed by atoms with Crippen molar-refractivity contribution in [3.63, 3.8) is 0 Å². The van der Waals surface area contributed by atoms with Crippen LogP contribution in [0, 0.1) is 16.7 Å². The first-order valence-electron chi connectivity index (χ1n) is 21.0. The molecule has 2 amide bonds. The Bertz CT molecular complexity index is 1740. The Kier molecular flexibility index (Phi) is 19.3. The molecule has 3 aromatic carbocycles. The molecule has 1 heterocycles. The number of amides is 2. The van der Waals surface area contributed by atoms with Crippen molar-refractivity contribution < 1.29 is 50.8 Å². The third-order valence-electron chi connectivity index (χ3n) is 11.0. The Morgan fingerprint density at radius 2 is 1.26 bits per heavy atom. The summed E-state index contributed by atoms with van der Waals surface area (Å²) in [5, 5.41) is 11.2. The van der Waals surface area contributed by atoms with Crippen LogP contribution in [0.5, 0.6) is 17.2 Å². The van der Waals surface area contributed by atoms with Gasteiger partial charge in [0, 0.05) is 43.6 Å². The fourth-order valence-electron chi connectivity index (χ4n) is 7.59. The number of alkyl halides is 3. The summed E-state index contributed by atoms with van der Waals surface area (Å²) in [4.78, 5) is 26.5. The second kappa shape index (κ2) is 23.8. The van der Waals surface area contributed by atoms with Crippen LogP contribution in [0.1, 0.15) is 89.3 Å². The van der Waals surface area contributed by atoms with Crippen LogP contribution in [-0.2, 0) is 29.0 Å². The molecular weight excluding hydrogens is 824 g/mol. The molecular formula is C46H62F3N4O8P. The lowest BCUT2D eigenvalue weighted by molar-refractivity contribution is -0.173. The van der Waals surface area contributed by atoms with Crippen molar-refractivity contribution in [3.8, 4) is 23.3 Å². The standard InChI is InChI=1S/C46H62F3N4O8P/c1-34(2)53(35(3)4)62(60-31-11-27-50)61-33-44(25-29-52(30-26-44)42(54)12-9-8-10-28-51-43(55)46(47,48)49)32-59-45(36-13-19-39(56-5)20-14-36,37-15-21-40(57-6)22-16-37)38-17-23-41(58-7)24-18-38/h13-24,34-35H,8-12,25-26,28-33H2,1-7H3,(H,51,55). The van der Waals surface area contributed by atoms with Crippen molar-refractivity contribution in [1.29, 1.82) is 5.26 Å². The lowest BCUT2D eigenvalue weighted by Gasteiger charge is -2.46. The highest BCUT2D eigenvalue weighted by molar-refractivity contribution is 7.44. The van der Waals surface area contributed by atoms with Gasteiger partial charge in [0.1, 0.15) is 22.8 Å². The zero-order valence-electron chi connectivity index (χ0n) is 37.0. The number of ether oxygens (including phenoxy) is 4. The third kappa shape index (κ3) is 13.5. The number of nitrogens with zero attached hydrogens (tertiary/aromatic N) is 3. The number of benzene rings is 3. The van der Waals surface area contributed by atoms with E-state index >= 15 is 0 Å². The van der Waals surface area contributed by atoms with Crippen LogP contribution in [0.2, 0.25) is 0 Å². The van der Waals surface area contributed by atoms with E-state index in [-0.39, 0.29) is 57.2 Å². The molecule has 0 aromatic heterocycles. The van der Waals surface area contributed by atoms with E-state index in [1.807, 2.05) is 83.0 Å². The molecule has 0 saturated carbocycles. The summed E-state index contributed by atoms with van der Waals surface area (Å²) in [6.45, 7) is 9.76. The van der Waals surface area contributed by atoms with E-state index in [1.54, 1.807) is 21.3 Å². The predicted molar refractivity (Wildman–Crippen MR) is 232 cm³/mol. The number of unbranched alkanes of at least 4 members (excludes halogenated alkanes) is 2. The van der Waals surface area contributed by atoms with Gasteiger partial charge in [-0.05, 0) is 106 Å². The van der Waals surface area contributed by atoms with Crippen molar-refractivity contribution in [2.75, 3.05) is 60.8 Å². The van der Waals surface area contributed by atoms with E-state index in [1.165, 1.54) is 0 Å². The number of hydrogen-bond acceptors (Lipinski definition) is 10. The molecule has 1 aliphatic rings. The lowest BCUT2D eigenvalue weighted by atomic mass is 9.77. The molecule has 0 aliphatic carbocycles. The molecule has 16 heteroatoms. The van der Waals surface area contributed by atoms with Crippen molar-refractivity contribution >= 4 is 20.3 Å². The van der Waals surface area contributed by atoms with Crippen LogP contribution >= 0.6 is 8.53 Å². The molecule has 4 rings (SSSR count). The fraction of sp³-hybridized carbons (Fsp3) is 0.543. The van der Waals surface area contributed by atoms with Crippen LogP contribution in [0.25, 0.3) is 0 Å². The molecule has 340 valence electrons. The summed E-state index contributed by atoms with van der Waals surface area (Å²) in [6, 6.07) is 25.7. The molecule has 1 saturated heterocycles. The summed E-state index contributed by atoms with van der Waals surface area (Å²) in [5.41, 5.74) is 0.790. The minimum Gasteiger partial charge on any atom is -0.497 e. The minimum absolute atomic E-state index is 0.0447. The number of nitrogens with one attached hydrogen (secondary N) is 1. The first-order chi connectivity index (χ1) is 29.6. The molecule has 1 unspecified atom stereocenters. The van der Waals surface area contributed by atoms with Crippen LogP contribution in [0.4, 0.5) is 13.2 Å². The Labute approximate surface area is 365 Å². The van der Waals surface area contributed by atoms with Gasteiger partial charge < -0.3 is 38.2 Å². The van der Waals surface area contributed by atoms with Gasteiger partial charge in [0.2, 0.25) is 5.91 Å². The number of hydrogen-bond donors (Lipinski definition) is 1. The monoisotopic (exact) mass is 886 g/mol. The summed E-state index contributed by atoms with van der Waals surface area (Å²) in [6.07, 6.45) is -2.10. The summed E-state index contributed by atoms with van der Waals surface area (Å²) in [5.74, 6) is 0.0530. The number of carbonyl (C=O) groups is 2. The van der Waals surface area contributed by atoms with Gasteiger partial charge in [-0.2, -0.15) is 18.4 Å². The average molecular weight is 887 g/mol. The van der Waals surface area contributed by atoms with Gasteiger partial charge in [-0.1, -0.05) is 42.8 Å². The summed E-state index contributed by atoms with van der Waals surface area (Å²) >= 11 is 0. The highest BCUT2D eigenvalue weighted by Gasteiger charge is 2.44. The van der Waals surface area contributed by atoms with Crippen molar-refractivity contribution in [2.24, 2.45) is 5.41 Å². The molecule has 0 radical (unpaired) electrons. The molecule has 1 aliphatic heterocycles. The molecule has 1 fully saturated rings. The Morgan fingerprint density at radius 3 is 1.68 bits per heavy atom. The van der Waals surface area contributed by atoms with Crippen LogP contribution in [0.3, 0.4) is 0 Å². The zero-order valence-corrected chi connectivity index (χ0v) is 37.9. The largest absolute Gasteiger partial charge is 0.497 e. The number of nitriles is 1. The van der Waals surface area contributed by atoms with E-state index in [9.17, 15) is 28.0 Å². The second-order valence-corrected chi connectivity index (χ2v) is 17.4. The SMILES string of the molecule is COc1ccc(C(OCC2(COP(OCCC#N)N(C(C)C)C(C)C)CCN(C(=O)CCCCCNC(=O)C(F)(F)F)CC2)(c2ccc(OC)cc2)c2ccc(OC)cc2)cc1. The molecule has 3 aromatic rings. The topological polar surface area (TPSA) is 132 Å². The van der Waals surface area contributed by atoms with Crippen LogP contribution < -0.4 is 19.5 Å². The minimum atomic E-state index is -4.92. The first-order valence-corrected chi connectivity index (χ1v) is 22.2. The van der Waals surface area contributed by atoms with E-state index in [4.69, 9.17) is 28.0 Å². The number of piperidine rings is 1. The number of halogens is 3. The smallest absolute Gasteiger partial charge is 0.471 e. The first kappa shape index (κ1) is 50.2. The molecule has 12 nitrogen and oxygen atoms in total. The number of methoxy groups -OCH3 is 3. The van der Waals surface area contributed by atoms with Gasteiger partial charge in [-0.15, -0.1) is 0 Å². The van der Waals surface area contributed by atoms with E-state index in [2.05, 4.69) is 38.4 Å². The average Bonchev–Trinajstić information content (AvgIpc) is 3.27. The predicted octanol–water partition coefficient (Wildman–Crippen LogP) is 9.16. The lowest BCUT2D eigenvalue weighted by Crippen LogP contribution is -2.48. The molecule has 1 atom stereocenters. The second-order valence-electron chi connectivity index (χ2n) is 15.9. The highest BCUT2D eigenvalue weighted by Crippen LogP contribution is 2.50. The van der Waals surface area contributed by atoms with Gasteiger partial charge in [0.05, 0.1) is 53.6 Å². The molecule has 1 N–H and O–H groups in total. The number of rotatable bonds is 24. The van der Waals surface area contributed by atoms with Crippen LogP contribution in [0.15, 0.2) is 72.8 Å². The van der Waals surface area contributed by atoms with Crippen molar-refractivity contribution in [2.45, 2.75) is 96.5 Å². The third-order valence-corrected chi connectivity index (χ3v) is 13.1. The van der Waals surface area contributed by atoms with Gasteiger partial charge in [0.25, 0.3) is 8.53 Å². The van der Waals surface area contributed by atoms with E-state index < -0.39 is 31.6 Å². The zero-order chi connectivity index (χ0) is 45.3. The van der Waals surface area contributed by atoms with Gasteiger partial charge in [-0.3, -0.25) is 9.59 Å². The van der Waals surface area contributed by atoms with Crippen LogP contribution in [-0.4, -0.2) is 100 Å². The quantitative estimate of drug-likeness (QED) is 0.0528. The number of likely N-dealkylation sites (tertiary alicyclic amines) is 1. The maximum absolute atomic E-state index is 13.5. The highest BCUT2D eigenvalue weighted by atomic mass is 31.2. The Morgan fingerprint density at radius 1 is 0.774 bits per heavy atom. The van der Waals surface area contributed by atoms with Gasteiger partial charge in [-0.25, -0.2) is 4.67 Å². The normalized spacial score (nSPS) is 14.7. The Balaban J connectivity index is 1.69.